The van der Waals surface area contributed by atoms with Crippen molar-refractivity contribution < 1.29 is 9.59 Å². The zero-order chi connectivity index (χ0) is 14.7. The predicted octanol–water partition coefficient (Wildman–Crippen LogP) is 1.38. The van der Waals surface area contributed by atoms with Crippen LogP contribution in [-0.4, -0.2) is 16.8 Å². The lowest BCUT2D eigenvalue weighted by atomic mass is 10.2. The van der Waals surface area contributed by atoms with E-state index in [0.717, 1.165) is 0 Å². The first-order chi connectivity index (χ1) is 9.49. The van der Waals surface area contributed by atoms with Crippen molar-refractivity contribution in [2.24, 2.45) is 5.73 Å². The molecule has 1 aromatic carbocycles. The van der Waals surface area contributed by atoms with Crippen LogP contribution in [0, 0.1) is 0 Å². The lowest BCUT2D eigenvalue weighted by Crippen LogP contribution is -2.21. The molecule has 0 saturated carbocycles. The number of carbonyl (C=O) groups excluding carboxylic acids is 2. The van der Waals surface area contributed by atoms with Crippen molar-refractivity contribution in [3.05, 3.63) is 63.0 Å². The van der Waals surface area contributed by atoms with Crippen molar-refractivity contribution in [1.82, 2.24) is 4.98 Å². The van der Waals surface area contributed by atoms with Crippen LogP contribution in [0.1, 0.15) is 20.7 Å². The number of halogens is 1. The van der Waals surface area contributed by atoms with Gasteiger partial charge in [0.25, 0.3) is 5.91 Å². The van der Waals surface area contributed by atoms with Crippen LogP contribution in [0.2, 0.25) is 5.02 Å². The first-order valence-corrected chi connectivity index (χ1v) is 5.94. The number of hydrogen-bond donors (Lipinski definition) is 3. The maximum Gasteiger partial charge on any atom is 0.261 e. The average Bonchev–Trinajstić information content (AvgIpc) is 2.41. The normalized spacial score (nSPS) is 10.1. The smallest absolute Gasteiger partial charge is 0.261 e. The number of rotatable bonds is 3. The second kappa shape index (κ2) is 5.58. The van der Waals surface area contributed by atoms with E-state index in [2.05, 4.69) is 10.3 Å². The molecule has 0 aliphatic heterocycles. The Kier molecular flexibility index (Phi) is 3.86. The largest absolute Gasteiger partial charge is 0.367 e. The molecule has 7 heteroatoms. The van der Waals surface area contributed by atoms with E-state index in [-0.39, 0.29) is 16.1 Å². The summed E-state index contributed by atoms with van der Waals surface area (Å²) in [6.07, 6.45) is 2.72. The van der Waals surface area contributed by atoms with Crippen molar-refractivity contribution in [1.29, 1.82) is 0 Å². The van der Waals surface area contributed by atoms with E-state index in [1.54, 1.807) is 0 Å². The van der Waals surface area contributed by atoms with Gasteiger partial charge in [-0.25, -0.2) is 0 Å². The Morgan fingerprint density at radius 2 is 1.95 bits per heavy atom. The molecule has 2 aromatic rings. The Bertz CT molecular complexity index is 740. The minimum atomic E-state index is -0.705. The highest BCUT2D eigenvalue weighted by Crippen LogP contribution is 2.20. The van der Waals surface area contributed by atoms with E-state index in [9.17, 15) is 14.4 Å². The summed E-state index contributed by atoms with van der Waals surface area (Å²) in [4.78, 5) is 37.2. The van der Waals surface area contributed by atoms with Gasteiger partial charge in [-0.05, 0) is 18.2 Å². The summed E-state index contributed by atoms with van der Waals surface area (Å²) in [6.45, 7) is 0. The summed E-state index contributed by atoms with van der Waals surface area (Å²) in [7, 11) is 0. The van der Waals surface area contributed by atoms with Gasteiger partial charge in [0.15, 0.2) is 5.43 Å². The Hall–Kier alpha value is -2.60. The molecule has 20 heavy (non-hydrogen) atoms. The number of primary amides is 1. The predicted molar refractivity (Wildman–Crippen MR) is 75.0 cm³/mol. The molecule has 4 N–H and O–H groups in total. The van der Waals surface area contributed by atoms with E-state index in [1.165, 1.54) is 36.7 Å². The summed E-state index contributed by atoms with van der Waals surface area (Å²) in [5.41, 5.74) is 5.11. The molecule has 0 aliphatic rings. The fourth-order valence-corrected chi connectivity index (χ4v) is 1.79. The summed E-state index contributed by atoms with van der Waals surface area (Å²) >= 11 is 5.80. The van der Waals surface area contributed by atoms with Crippen LogP contribution in [0.5, 0.6) is 0 Å². The van der Waals surface area contributed by atoms with Crippen LogP contribution >= 0.6 is 11.6 Å². The molecule has 1 heterocycles. The van der Waals surface area contributed by atoms with Crippen LogP contribution in [0.25, 0.3) is 0 Å². The van der Waals surface area contributed by atoms with Crippen molar-refractivity contribution in [2.45, 2.75) is 0 Å². The lowest BCUT2D eigenvalue weighted by molar-refractivity contribution is 0.0996. The van der Waals surface area contributed by atoms with Gasteiger partial charge < -0.3 is 16.0 Å². The van der Waals surface area contributed by atoms with Crippen molar-refractivity contribution >= 4 is 29.1 Å². The Morgan fingerprint density at radius 3 is 2.60 bits per heavy atom. The number of pyridine rings is 1. The summed E-state index contributed by atoms with van der Waals surface area (Å²) in [5.74, 6) is -1.30. The fraction of sp³-hybridized carbons (Fsp3) is 0. The van der Waals surface area contributed by atoms with E-state index < -0.39 is 17.2 Å². The van der Waals surface area contributed by atoms with Gasteiger partial charge in [0, 0.05) is 24.1 Å². The number of H-pyrrole nitrogens is 1. The maximum atomic E-state index is 11.9. The van der Waals surface area contributed by atoms with Gasteiger partial charge >= 0.3 is 0 Å². The van der Waals surface area contributed by atoms with Crippen LogP contribution in [0.15, 0.2) is 41.5 Å². The van der Waals surface area contributed by atoms with Gasteiger partial charge in [0.1, 0.15) is 5.56 Å². The molecule has 2 amide bonds. The summed E-state index contributed by atoms with van der Waals surface area (Å²) in [5, 5.41) is 2.68. The van der Waals surface area contributed by atoms with Gasteiger partial charge in [0.05, 0.1) is 10.6 Å². The van der Waals surface area contributed by atoms with E-state index in [4.69, 9.17) is 17.3 Å². The molecule has 0 spiro atoms. The third-order valence-electron chi connectivity index (χ3n) is 2.56. The first kappa shape index (κ1) is 13.8. The molecule has 0 fully saturated rings. The molecule has 0 aliphatic carbocycles. The minimum absolute atomic E-state index is 0.0388. The van der Waals surface area contributed by atoms with Gasteiger partial charge in [-0.15, -0.1) is 0 Å². The molecular weight excluding hydrogens is 282 g/mol. The molecule has 0 unspecified atom stereocenters. The highest BCUT2D eigenvalue weighted by molar-refractivity contribution is 6.34. The maximum absolute atomic E-state index is 11.9. The number of aromatic nitrogens is 1. The molecule has 6 nitrogen and oxygen atoms in total. The van der Waals surface area contributed by atoms with E-state index in [1.807, 2.05) is 0 Å². The molecule has 1 aromatic heterocycles. The third-order valence-corrected chi connectivity index (χ3v) is 2.89. The van der Waals surface area contributed by atoms with Crippen molar-refractivity contribution in [2.75, 3.05) is 5.32 Å². The number of nitrogens with one attached hydrogen (secondary N) is 2. The quantitative estimate of drug-likeness (QED) is 0.795. The van der Waals surface area contributed by atoms with Crippen molar-refractivity contribution in [3.63, 3.8) is 0 Å². The van der Waals surface area contributed by atoms with Crippen LogP contribution in [-0.2, 0) is 0 Å². The van der Waals surface area contributed by atoms with Gasteiger partial charge in [-0.2, -0.15) is 0 Å². The molecule has 2 rings (SSSR count). The monoisotopic (exact) mass is 291 g/mol. The topological polar surface area (TPSA) is 105 Å². The molecule has 0 radical (unpaired) electrons. The van der Waals surface area contributed by atoms with E-state index in [0.29, 0.717) is 5.69 Å². The Labute approximate surface area is 118 Å². The zero-order valence-corrected chi connectivity index (χ0v) is 10.9. The average molecular weight is 292 g/mol. The summed E-state index contributed by atoms with van der Waals surface area (Å²) < 4.78 is 0. The SMILES string of the molecule is NC(=O)c1cc(NC(=O)c2c[nH]ccc2=O)ccc1Cl. The van der Waals surface area contributed by atoms with Crippen molar-refractivity contribution in [3.8, 4) is 0 Å². The van der Waals surface area contributed by atoms with Gasteiger partial charge in [-0.1, -0.05) is 11.6 Å². The molecular formula is C13H10ClN3O3. The zero-order valence-electron chi connectivity index (χ0n) is 10.1. The second-order valence-electron chi connectivity index (χ2n) is 3.94. The van der Waals surface area contributed by atoms with Crippen LogP contribution < -0.4 is 16.5 Å². The number of nitrogens with two attached hydrogens (primary N) is 1. The second-order valence-corrected chi connectivity index (χ2v) is 4.34. The minimum Gasteiger partial charge on any atom is -0.367 e. The Balaban J connectivity index is 2.29. The van der Waals surface area contributed by atoms with Crippen LogP contribution in [0.3, 0.4) is 0 Å². The summed E-state index contributed by atoms with van der Waals surface area (Å²) in [6, 6.07) is 5.53. The number of aromatic amines is 1. The Morgan fingerprint density at radius 1 is 1.20 bits per heavy atom. The number of anilines is 1. The first-order valence-electron chi connectivity index (χ1n) is 5.57. The molecule has 0 saturated heterocycles. The van der Waals surface area contributed by atoms with Gasteiger partial charge in [0.2, 0.25) is 5.91 Å². The number of hydrogen-bond acceptors (Lipinski definition) is 3. The van der Waals surface area contributed by atoms with Crippen LogP contribution in [0.4, 0.5) is 5.69 Å². The third kappa shape index (κ3) is 2.86. The van der Waals surface area contributed by atoms with E-state index >= 15 is 0 Å². The van der Waals surface area contributed by atoms with Gasteiger partial charge in [-0.3, -0.25) is 14.4 Å². The number of benzene rings is 1. The molecule has 0 atom stereocenters. The highest BCUT2D eigenvalue weighted by Gasteiger charge is 2.12. The number of amides is 2. The molecule has 102 valence electrons. The molecule has 0 bridgehead atoms. The number of carbonyl (C=O) groups is 2. The standard InChI is InChI=1S/C13H10ClN3O3/c14-10-2-1-7(5-8(10)12(15)19)17-13(20)9-6-16-4-3-11(9)18/h1-6H,(H2,15,19)(H,16,18)(H,17,20). The lowest BCUT2D eigenvalue weighted by Gasteiger charge is -2.07. The highest BCUT2D eigenvalue weighted by atomic mass is 35.5. The fourth-order valence-electron chi connectivity index (χ4n) is 1.58.